The van der Waals surface area contributed by atoms with Gasteiger partial charge in [-0.25, -0.2) is 0 Å². The van der Waals surface area contributed by atoms with Crippen LogP contribution in [0.4, 0.5) is 5.69 Å². The molecule has 0 heterocycles. The molecule has 0 spiro atoms. The zero-order chi connectivity index (χ0) is 17.0. The largest absolute Gasteiger partial charge is 0.493 e. The molecule has 2 amide bonds. The Kier molecular flexibility index (Phi) is 5.05. The SMILES string of the molecule is COc1ccc(NC(=O)C2CCC2C(=O)O)cc1OCC(N)=O. The van der Waals surface area contributed by atoms with Crippen LogP contribution in [-0.2, 0) is 14.4 Å². The van der Waals surface area contributed by atoms with Gasteiger partial charge in [0.05, 0.1) is 18.9 Å². The van der Waals surface area contributed by atoms with E-state index in [1.807, 2.05) is 0 Å². The molecule has 0 aromatic heterocycles. The third-order valence-electron chi connectivity index (χ3n) is 3.73. The minimum absolute atomic E-state index is 0.257. The van der Waals surface area contributed by atoms with Crippen LogP contribution in [0.3, 0.4) is 0 Å². The summed E-state index contributed by atoms with van der Waals surface area (Å²) in [6.07, 6.45) is 1.05. The number of methoxy groups -OCH3 is 1. The molecule has 2 unspecified atom stereocenters. The number of ether oxygens (including phenoxy) is 2. The van der Waals surface area contributed by atoms with Gasteiger partial charge in [0.25, 0.3) is 5.91 Å². The molecule has 2 rings (SSSR count). The van der Waals surface area contributed by atoms with Crippen LogP contribution in [0, 0.1) is 11.8 Å². The number of hydrogen-bond donors (Lipinski definition) is 3. The van der Waals surface area contributed by atoms with Crippen molar-refractivity contribution in [3.63, 3.8) is 0 Å². The van der Waals surface area contributed by atoms with Crippen LogP contribution in [0.25, 0.3) is 0 Å². The summed E-state index contributed by atoms with van der Waals surface area (Å²) in [6.45, 7) is -0.322. The minimum atomic E-state index is -0.961. The van der Waals surface area contributed by atoms with Gasteiger partial charge in [-0.2, -0.15) is 0 Å². The summed E-state index contributed by atoms with van der Waals surface area (Å²) in [5, 5.41) is 11.6. The molecule has 1 aliphatic carbocycles. The van der Waals surface area contributed by atoms with Crippen molar-refractivity contribution in [1.29, 1.82) is 0 Å². The van der Waals surface area contributed by atoms with Crippen LogP contribution in [0.1, 0.15) is 12.8 Å². The van der Waals surface area contributed by atoms with E-state index in [-0.39, 0.29) is 18.3 Å². The average Bonchev–Trinajstić information content (AvgIpc) is 2.43. The van der Waals surface area contributed by atoms with Gasteiger partial charge < -0.3 is 25.6 Å². The number of carbonyl (C=O) groups excluding carboxylic acids is 2. The molecular weight excluding hydrogens is 304 g/mol. The number of carboxylic acid groups (broad SMARTS) is 1. The lowest BCUT2D eigenvalue weighted by molar-refractivity contribution is -0.151. The first kappa shape index (κ1) is 16.6. The van der Waals surface area contributed by atoms with E-state index in [0.717, 1.165) is 0 Å². The van der Waals surface area contributed by atoms with E-state index in [1.165, 1.54) is 13.2 Å². The molecule has 1 aromatic rings. The summed E-state index contributed by atoms with van der Waals surface area (Å²) in [4.78, 5) is 33.9. The molecule has 4 N–H and O–H groups in total. The van der Waals surface area contributed by atoms with Gasteiger partial charge in [-0.15, -0.1) is 0 Å². The fourth-order valence-corrected chi connectivity index (χ4v) is 2.36. The lowest BCUT2D eigenvalue weighted by Crippen LogP contribution is -2.41. The Hall–Kier alpha value is -2.77. The third-order valence-corrected chi connectivity index (χ3v) is 3.73. The average molecular weight is 322 g/mol. The molecule has 1 fully saturated rings. The van der Waals surface area contributed by atoms with Crippen LogP contribution in [0.2, 0.25) is 0 Å². The van der Waals surface area contributed by atoms with Crippen molar-refractivity contribution in [2.75, 3.05) is 19.0 Å². The number of aliphatic carboxylic acids is 1. The lowest BCUT2D eigenvalue weighted by Gasteiger charge is -2.31. The van der Waals surface area contributed by atoms with E-state index in [4.69, 9.17) is 20.3 Å². The first-order valence-electron chi connectivity index (χ1n) is 7.05. The van der Waals surface area contributed by atoms with Crippen LogP contribution in [-0.4, -0.2) is 36.6 Å². The standard InChI is InChI=1S/C15H18N2O6/c1-22-11-5-2-8(6-12(11)23-7-13(16)18)17-14(19)9-3-4-10(9)15(20)21/h2,5-6,9-10H,3-4,7H2,1H3,(H2,16,18)(H,17,19)(H,20,21). The summed E-state index contributed by atoms with van der Waals surface area (Å²) >= 11 is 0. The van der Waals surface area contributed by atoms with E-state index >= 15 is 0 Å². The Bertz CT molecular complexity index is 630. The van der Waals surface area contributed by atoms with Gasteiger partial charge in [-0.1, -0.05) is 0 Å². The second kappa shape index (κ2) is 6.99. The number of carbonyl (C=O) groups is 3. The van der Waals surface area contributed by atoms with Crippen molar-refractivity contribution in [3.05, 3.63) is 18.2 Å². The highest BCUT2D eigenvalue weighted by Gasteiger charge is 2.41. The van der Waals surface area contributed by atoms with Gasteiger partial charge >= 0.3 is 5.97 Å². The number of rotatable bonds is 7. The minimum Gasteiger partial charge on any atom is -0.493 e. The van der Waals surface area contributed by atoms with Crippen molar-refractivity contribution < 1.29 is 29.0 Å². The number of carboxylic acids is 1. The quantitative estimate of drug-likeness (QED) is 0.674. The smallest absolute Gasteiger partial charge is 0.307 e. The van der Waals surface area contributed by atoms with Gasteiger partial charge in [0.1, 0.15) is 0 Å². The summed E-state index contributed by atoms with van der Waals surface area (Å²) in [5.74, 6) is -2.49. The molecular formula is C15H18N2O6. The predicted molar refractivity (Wildman–Crippen MR) is 80.2 cm³/mol. The van der Waals surface area contributed by atoms with Gasteiger partial charge in [-0.3, -0.25) is 14.4 Å². The first-order valence-corrected chi connectivity index (χ1v) is 7.05. The Labute approximate surface area is 132 Å². The van der Waals surface area contributed by atoms with Gasteiger partial charge in [0, 0.05) is 11.8 Å². The fourth-order valence-electron chi connectivity index (χ4n) is 2.36. The zero-order valence-electron chi connectivity index (χ0n) is 12.6. The molecule has 0 radical (unpaired) electrons. The molecule has 124 valence electrons. The zero-order valence-corrected chi connectivity index (χ0v) is 12.6. The van der Waals surface area contributed by atoms with Crippen LogP contribution in [0.15, 0.2) is 18.2 Å². The Morgan fingerprint density at radius 3 is 2.48 bits per heavy atom. The van der Waals surface area contributed by atoms with Gasteiger partial charge in [-0.05, 0) is 25.0 Å². The number of primary amides is 1. The lowest BCUT2D eigenvalue weighted by atomic mass is 9.73. The van der Waals surface area contributed by atoms with Crippen molar-refractivity contribution in [2.45, 2.75) is 12.8 Å². The van der Waals surface area contributed by atoms with Crippen LogP contribution >= 0.6 is 0 Å². The summed E-state index contributed by atoms with van der Waals surface area (Å²) in [7, 11) is 1.44. The molecule has 1 aliphatic rings. The molecule has 23 heavy (non-hydrogen) atoms. The Morgan fingerprint density at radius 1 is 1.26 bits per heavy atom. The normalized spacial score (nSPS) is 19.3. The predicted octanol–water partition coefficient (Wildman–Crippen LogP) is 0.609. The molecule has 2 atom stereocenters. The summed E-state index contributed by atoms with van der Waals surface area (Å²) in [6, 6.07) is 4.66. The fraction of sp³-hybridized carbons (Fsp3) is 0.400. The third kappa shape index (κ3) is 3.91. The number of nitrogens with two attached hydrogens (primary N) is 1. The monoisotopic (exact) mass is 322 g/mol. The maximum Gasteiger partial charge on any atom is 0.307 e. The molecule has 0 bridgehead atoms. The van der Waals surface area contributed by atoms with Crippen molar-refractivity contribution >= 4 is 23.5 Å². The summed E-state index contributed by atoms with van der Waals surface area (Å²) < 4.78 is 10.3. The van der Waals surface area contributed by atoms with E-state index in [2.05, 4.69) is 5.32 Å². The van der Waals surface area contributed by atoms with E-state index in [9.17, 15) is 14.4 Å². The number of amides is 2. The highest BCUT2D eigenvalue weighted by atomic mass is 16.5. The van der Waals surface area contributed by atoms with E-state index in [1.54, 1.807) is 12.1 Å². The molecule has 1 saturated carbocycles. The topological polar surface area (TPSA) is 128 Å². The van der Waals surface area contributed by atoms with E-state index in [0.29, 0.717) is 24.3 Å². The molecule has 0 saturated heterocycles. The number of hydrogen-bond acceptors (Lipinski definition) is 5. The highest BCUT2D eigenvalue weighted by molar-refractivity contribution is 5.96. The summed E-state index contributed by atoms with van der Waals surface area (Å²) in [5.41, 5.74) is 5.45. The Balaban J connectivity index is 2.07. The van der Waals surface area contributed by atoms with Gasteiger partial charge in [0.15, 0.2) is 18.1 Å². The van der Waals surface area contributed by atoms with E-state index < -0.39 is 23.7 Å². The molecule has 8 heteroatoms. The second-order valence-corrected chi connectivity index (χ2v) is 5.24. The molecule has 8 nitrogen and oxygen atoms in total. The highest BCUT2D eigenvalue weighted by Crippen LogP contribution is 2.36. The number of anilines is 1. The molecule has 0 aliphatic heterocycles. The number of benzene rings is 1. The Morgan fingerprint density at radius 2 is 1.96 bits per heavy atom. The second-order valence-electron chi connectivity index (χ2n) is 5.24. The van der Waals surface area contributed by atoms with Crippen molar-refractivity contribution in [3.8, 4) is 11.5 Å². The van der Waals surface area contributed by atoms with Crippen molar-refractivity contribution in [1.82, 2.24) is 0 Å². The molecule has 1 aromatic carbocycles. The maximum atomic E-state index is 12.1. The maximum absolute atomic E-state index is 12.1. The van der Waals surface area contributed by atoms with Crippen molar-refractivity contribution in [2.24, 2.45) is 17.6 Å². The first-order chi connectivity index (χ1) is 10.9. The van der Waals surface area contributed by atoms with Gasteiger partial charge in [0.2, 0.25) is 5.91 Å². The number of nitrogens with one attached hydrogen (secondary N) is 1. The van der Waals surface area contributed by atoms with Crippen LogP contribution in [0.5, 0.6) is 11.5 Å². The van der Waals surface area contributed by atoms with Crippen LogP contribution < -0.4 is 20.5 Å².